The number of benzene rings is 1. The van der Waals surface area contributed by atoms with Gasteiger partial charge in [-0.05, 0) is 32.0 Å². The summed E-state index contributed by atoms with van der Waals surface area (Å²) < 4.78 is 10.9. The number of hydrogen-bond donors (Lipinski definition) is 1. The lowest BCUT2D eigenvalue weighted by Gasteiger charge is -2.37. The molecule has 3 rings (SSSR count). The molecule has 2 fully saturated rings. The van der Waals surface area contributed by atoms with Crippen LogP contribution in [0.5, 0.6) is 11.5 Å². The molecule has 2 heterocycles. The summed E-state index contributed by atoms with van der Waals surface area (Å²) in [5, 5.41) is 3.37. The molecule has 23 heavy (non-hydrogen) atoms. The lowest BCUT2D eigenvalue weighted by atomic mass is 9.68. The first-order valence-electron chi connectivity index (χ1n) is 7.80. The van der Waals surface area contributed by atoms with E-state index in [0.717, 1.165) is 49.5 Å². The second kappa shape index (κ2) is 6.97. The van der Waals surface area contributed by atoms with E-state index in [-0.39, 0.29) is 29.6 Å². The van der Waals surface area contributed by atoms with E-state index in [1.807, 2.05) is 24.1 Å². The van der Waals surface area contributed by atoms with Gasteiger partial charge in [-0.25, -0.2) is 0 Å². The van der Waals surface area contributed by atoms with Crippen molar-refractivity contribution in [3.8, 4) is 11.5 Å². The summed E-state index contributed by atoms with van der Waals surface area (Å²) in [5.41, 5.74) is 0.824. The molecule has 1 amide bonds. The van der Waals surface area contributed by atoms with Crippen molar-refractivity contribution in [1.82, 2.24) is 10.2 Å². The highest BCUT2D eigenvalue weighted by Crippen LogP contribution is 2.51. The topological polar surface area (TPSA) is 50.8 Å². The molecule has 0 radical (unpaired) electrons. The van der Waals surface area contributed by atoms with Crippen molar-refractivity contribution < 1.29 is 14.3 Å². The zero-order valence-electron chi connectivity index (χ0n) is 13.9. The van der Waals surface area contributed by atoms with Crippen LogP contribution in [0.15, 0.2) is 18.2 Å². The fourth-order valence-corrected chi connectivity index (χ4v) is 4.00. The van der Waals surface area contributed by atoms with Crippen molar-refractivity contribution in [3.05, 3.63) is 23.8 Å². The Hall–Kier alpha value is -1.46. The Kier molecular flexibility index (Phi) is 5.42. The smallest absolute Gasteiger partial charge is 0.229 e. The monoisotopic (exact) mass is 340 g/mol. The van der Waals surface area contributed by atoms with Gasteiger partial charge >= 0.3 is 0 Å². The maximum Gasteiger partial charge on any atom is 0.229 e. The summed E-state index contributed by atoms with van der Waals surface area (Å²) in [5.74, 6) is 2.04. The third-order valence-corrected chi connectivity index (χ3v) is 5.21. The number of carbonyl (C=O) groups is 1. The van der Waals surface area contributed by atoms with Gasteiger partial charge in [0, 0.05) is 31.1 Å². The number of methoxy groups -OCH3 is 2. The van der Waals surface area contributed by atoms with Gasteiger partial charge in [-0.15, -0.1) is 12.4 Å². The third-order valence-electron chi connectivity index (χ3n) is 5.21. The summed E-state index contributed by atoms with van der Waals surface area (Å²) in [6, 6.07) is 5.92. The molecule has 0 aliphatic carbocycles. The van der Waals surface area contributed by atoms with Gasteiger partial charge in [0.2, 0.25) is 5.91 Å². The summed E-state index contributed by atoms with van der Waals surface area (Å²) in [6.07, 6.45) is 1.77. The first-order chi connectivity index (χ1) is 10.6. The minimum Gasteiger partial charge on any atom is -0.497 e. The summed E-state index contributed by atoms with van der Waals surface area (Å²) in [6.45, 7) is 2.55. The third kappa shape index (κ3) is 2.88. The van der Waals surface area contributed by atoms with E-state index in [1.54, 1.807) is 14.2 Å². The van der Waals surface area contributed by atoms with Crippen molar-refractivity contribution in [2.45, 2.75) is 18.8 Å². The zero-order chi connectivity index (χ0) is 15.7. The number of ether oxygens (including phenoxy) is 2. The molecule has 1 atom stereocenters. The Morgan fingerprint density at radius 3 is 2.52 bits per heavy atom. The molecule has 1 aromatic rings. The highest BCUT2D eigenvalue weighted by molar-refractivity contribution is 5.87. The van der Waals surface area contributed by atoms with Gasteiger partial charge in [-0.1, -0.05) is 6.07 Å². The molecular formula is C17H25ClN2O3. The SMILES string of the molecule is COc1ccc(C2CN(C)C(=O)C23CCNCC3)c(OC)c1.Cl. The van der Waals surface area contributed by atoms with E-state index < -0.39 is 0 Å². The number of likely N-dealkylation sites (tertiary alicyclic amines) is 1. The average Bonchev–Trinajstić information content (AvgIpc) is 2.80. The van der Waals surface area contributed by atoms with Crippen LogP contribution < -0.4 is 14.8 Å². The molecule has 128 valence electrons. The number of nitrogens with zero attached hydrogens (tertiary/aromatic N) is 1. The Labute approximate surface area is 143 Å². The van der Waals surface area contributed by atoms with Crippen LogP contribution in [0.25, 0.3) is 0 Å². The first kappa shape index (κ1) is 17.9. The number of nitrogens with one attached hydrogen (secondary N) is 1. The van der Waals surface area contributed by atoms with Crippen LogP contribution in [-0.2, 0) is 4.79 Å². The molecule has 1 unspecified atom stereocenters. The normalized spacial score (nSPS) is 22.8. The molecule has 2 saturated heterocycles. The molecule has 2 aliphatic heterocycles. The Balaban J connectivity index is 0.00000192. The highest BCUT2D eigenvalue weighted by Gasteiger charge is 2.54. The van der Waals surface area contributed by atoms with E-state index in [4.69, 9.17) is 9.47 Å². The van der Waals surface area contributed by atoms with E-state index >= 15 is 0 Å². The number of piperidine rings is 1. The molecule has 1 spiro atoms. The number of carbonyl (C=O) groups excluding carboxylic acids is 1. The maximum absolute atomic E-state index is 12.8. The lowest BCUT2D eigenvalue weighted by molar-refractivity contribution is -0.136. The largest absolute Gasteiger partial charge is 0.497 e. The van der Waals surface area contributed by atoms with Gasteiger partial charge in [0.25, 0.3) is 0 Å². The van der Waals surface area contributed by atoms with Crippen molar-refractivity contribution >= 4 is 18.3 Å². The van der Waals surface area contributed by atoms with Crippen molar-refractivity contribution in [3.63, 3.8) is 0 Å². The number of likely N-dealkylation sites (N-methyl/N-ethyl adjacent to an activating group) is 1. The quantitative estimate of drug-likeness (QED) is 0.915. The molecule has 0 aromatic heterocycles. The minimum atomic E-state index is -0.290. The number of amides is 1. The van der Waals surface area contributed by atoms with Crippen LogP contribution in [0.2, 0.25) is 0 Å². The summed E-state index contributed by atoms with van der Waals surface area (Å²) in [4.78, 5) is 14.7. The molecule has 1 N–H and O–H groups in total. The second-order valence-corrected chi connectivity index (χ2v) is 6.25. The minimum absolute atomic E-state index is 0. The van der Waals surface area contributed by atoms with Crippen LogP contribution in [-0.4, -0.2) is 51.7 Å². The number of hydrogen-bond acceptors (Lipinski definition) is 4. The van der Waals surface area contributed by atoms with Crippen LogP contribution in [0.4, 0.5) is 0 Å². The highest BCUT2D eigenvalue weighted by atomic mass is 35.5. The van der Waals surface area contributed by atoms with Crippen LogP contribution in [0.1, 0.15) is 24.3 Å². The summed E-state index contributed by atoms with van der Waals surface area (Å²) in [7, 11) is 5.23. The Morgan fingerprint density at radius 1 is 1.22 bits per heavy atom. The van der Waals surface area contributed by atoms with Gasteiger partial charge in [0.05, 0.1) is 19.6 Å². The zero-order valence-corrected chi connectivity index (χ0v) is 14.7. The molecule has 5 nitrogen and oxygen atoms in total. The predicted octanol–water partition coefficient (Wildman–Crippen LogP) is 2.05. The number of halogens is 1. The second-order valence-electron chi connectivity index (χ2n) is 6.25. The van der Waals surface area contributed by atoms with Gasteiger partial charge < -0.3 is 19.7 Å². The van der Waals surface area contributed by atoms with Crippen LogP contribution in [0.3, 0.4) is 0 Å². The maximum atomic E-state index is 12.8. The fraction of sp³-hybridized carbons (Fsp3) is 0.588. The standard InChI is InChI=1S/C17H24N2O3.ClH/c1-19-11-14(17(16(19)20)6-8-18-9-7-17)13-5-4-12(21-2)10-15(13)22-3;/h4-5,10,14,18H,6-9,11H2,1-3H3;1H. The van der Waals surface area contributed by atoms with Gasteiger partial charge in [-0.2, -0.15) is 0 Å². The molecular weight excluding hydrogens is 316 g/mol. The van der Waals surface area contributed by atoms with Gasteiger partial charge in [0.1, 0.15) is 11.5 Å². The van der Waals surface area contributed by atoms with Crippen LogP contribution in [0, 0.1) is 5.41 Å². The summed E-state index contributed by atoms with van der Waals surface area (Å²) >= 11 is 0. The molecule has 2 aliphatic rings. The van der Waals surface area contributed by atoms with Gasteiger partial charge in [-0.3, -0.25) is 4.79 Å². The molecule has 0 bridgehead atoms. The molecule has 1 aromatic carbocycles. The number of rotatable bonds is 3. The molecule has 0 saturated carbocycles. The average molecular weight is 341 g/mol. The predicted molar refractivity (Wildman–Crippen MR) is 91.7 cm³/mol. The van der Waals surface area contributed by atoms with Crippen LogP contribution >= 0.6 is 12.4 Å². The van der Waals surface area contributed by atoms with E-state index in [0.29, 0.717) is 0 Å². The van der Waals surface area contributed by atoms with Crippen molar-refractivity contribution in [1.29, 1.82) is 0 Å². The van der Waals surface area contributed by atoms with E-state index in [9.17, 15) is 4.79 Å². The van der Waals surface area contributed by atoms with Crippen molar-refractivity contribution in [2.24, 2.45) is 5.41 Å². The van der Waals surface area contributed by atoms with Crippen molar-refractivity contribution in [2.75, 3.05) is 40.9 Å². The van der Waals surface area contributed by atoms with E-state index in [2.05, 4.69) is 11.4 Å². The lowest BCUT2D eigenvalue weighted by Crippen LogP contribution is -2.44. The van der Waals surface area contributed by atoms with Gasteiger partial charge in [0.15, 0.2) is 0 Å². The Morgan fingerprint density at radius 2 is 1.91 bits per heavy atom. The fourth-order valence-electron chi connectivity index (χ4n) is 4.00. The van der Waals surface area contributed by atoms with E-state index in [1.165, 1.54) is 0 Å². The molecule has 6 heteroatoms. The Bertz CT molecular complexity index is 573. The first-order valence-corrected chi connectivity index (χ1v) is 7.80.